The van der Waals surface area contributed by atoms with Crippen LogP contribution in [0, 0.1) is 5.92 Å². The Hall–Kier alpha value is -2.10. The summed E-state index contributed by atoms with van der Waals surface area (Å²) in [6, 6.07) is 7.77. The lowest BCUT2D eigenvalue weighted by Gasteiger charge is -2.23. The van der Waals surface area contributed by atoms with E-state index in [0.717, 1.165) is 23.3 Å². The van der Waals surface area contributed by atoms with Crippen LogP contribution in [0.4, 0.5) is 0 Å². The van der Waals surface area contributed by atoms with Crippen molar-refractivity contribution < 1.29 is 9.90 Å². The van der Waals surface area contributed by atoms with Crippen LogP contribution >= 0.6 is 0 Å². The molecule has 1 aliphatic carbocycles. The first kappa shape index (κ1) is 11.0. The Balaban J connectivity index is 2.02. The third-order valence-corrected chi connectivity index (χ3v) is 3.51. The quantitative estimate of drug-likeness (QED) is 0.796. The lowest BCUT2D eigenvalue weighted by Crippen LogP contribution is -2.24. The zero-order chi connectivity index (χ0) is 12.5. The third-order valence-electron chi connectivity index (χ3n) is 3.51. The zero-order valence-corrected chi connectivity index (χ0v) is 9.84. The number of hydrogen-bond donors (Lipinski definition) is 2. The van der Waals surface area contributed by atoms with Crippen LogP contribution in [0.15, 0.2) is 36.4 Å². The van der Waals surface area contributed by atoms with Crippen molar-refractivity contribution in [3.63, 3.8) is 0 Å². The molecular weight excluding hydrogens is 228 g/mol. The number of benzene rings is 1. The molecule has 1 aromatic heterocycles. The average Bonchev–Trinajstić information content (AvgIpc) is 2.82. The minimum absolute atomic E-state index is 0.0556. The molecular formula is C14H14N2O2. The number of carboxylic acids is 1. The van der Waals surface area contributed by atoms with Crippen molar-refractivity contribution in [1.29, 1.82) is 0 Å². The third kappa shape index (κ3) is 1.79. The van der Waals surface area contributed by atoms with E-state index >= 15 is 0 Å². The number of imidazole rings is 1. The Morgan fingerprint density at radius 3 is 2.83 bits per heavy atom. The van der Waals surface area contributed by atoms with Crippen molar-refractivity contribution in [2.24, 2.45) is 5.92 Å². The summed E-state index contributed by atoms with van der Waals surface area (Å²) in [5.74, 6) is -0.395. The summed E-state index contributed by atoms with van der Waals surface area (Å²) in [5, 5.41) is 9.27. The molecule has 0 fully saturated rings. The number of H-pyrrole nitrogens is 1. The second-order valence-corrected chi connectivity index (χ2v) is 4.63. The summed E-state index contributed by atoms with van der Waals surface area (Å²) in [6.45, 7) is 0. The molecule has 1 aliphatic rings. The number of carbonyl (C=O) groups is 1. The number of aromatic amines is 1. The SMILES string of the molecule is O=C(O)[C@@H]1CC=CC[C@H]1c1nc2ccccc2[nH]1. The molecule has 0 unspecified atom stereocenters. The molecule has 4 nitrogen and oxygen atoms in total. The van der Waals surface area contributed by atoms with Gasteiger partial charge in [0.2, 0.25) is 0 Å². The maximum absolute atomic E-state index is 11.3. The van der Waals surface area contributed by atoms with Crippen LogP contribution in [-0.4, -0.2) is 21.0 Å². The zero-order valence-electron chi connectivity index (χ0n) is 9.84. The normalized spacial score (nSPS) is 23.3. The van der Waals surface area contributed by atoms with Gasteiger partial charge in [0, 0.05) is 5.92 Å². The standard InChI is InChI=1S/C14H14N2O2/c17-14(18)10-6-2-1-5-9(10)13-15-11-7-3-4-8-12(11)16-13/h1-4,7-10H,5-6H2,(H,15,16)(H,17,18)/t9-,10-/m1/s1. The van der Waals surface area contributed by atoms with E-state index in [1.165, 1.54) is 0 Å². The fourth-order valence-corrected chi connectivity index (χ4v) is 2.54. The lowest BCUT2D eigenvalue weighted by atomic mass is 9.82. The molecule has 1 aromatic carbocycles. The first-order chi connectivity index (χ1) is 8.75. The van der Waals surface area contributed by atoms with Gasteiger partial charge in [0.25, 0.3) is 0 Å². The fraction of sp³-hybridized carbons (Fsp3) is 0.286. The number of hydrogen-bond acceptors (Lipinski definition) is 2. The molecule has 92 valence electrons. The maximum Gasteiger partial charge on any atom is 0.307 e. The van der Waals surface area contributed by atoms with Gasteiger partial charge in [-0.05, 0) is 25.0 Å². The van der Waals surface area contributed by atoms with Gasteiger partial charge in [0.1, 0.15) is 5.82 Å². The van der Waals surface area contributed by atoms with Gasteiger partial charge in [-0.1, -0.05) is 24.3 Å². The molecule has 3 rings (SSSR count). The molecule has 18 heavy (non-hydrogen) atoms. The summed E-state index contributed by atoms with van der Waals surface area (Å²) in [5.41, 5.74) is 1.86. The monoisotopic (exact) mass is 242 g/mol. The van der Waals surface area contributed by atoms with Crippen molar-refractivity contribution in [2.75, 3.05) is 0 Å². The molecule has 4 heteroatoms. The topological polar surface area (TPSA) is 66.0 Å². The number of para-hydroxylation sites is 2. The largest absolute Gasteiger partial charge is 0.481 e. The minimum Gasteiger partial charge on any atom is -0.481 e. The van der Waals surface area contributed by atoms with Crippen LogP contribution in [0.2, 0.25) is 0 Å². The van der Waals surface area contributed by atoms with Gasteiger partial charge < -0.3 is 10.1 Å². The van der Waals surface area contributed by atoms with E-state index < -0.39 is 5.97 Å². The number of aliphatic carboxylic acids is 1. The highest BCUT2D eigenvalue weighted by Crippen LogP contribution is 2.34. The Labute approximate surface area is 104 Å². The fourth-order valence-electron chi connectivity index (χ4n) is 2.54. The Morgan fingerprint density at radius 2 is 2.06 bits per heavy atom. The molecule has 0 spiro atoms. The van der Waals surface area contributed by atoms with Crippen molar-refractivity contribution in [3.05, 3.63) is 42.2 Å². The average molecular weight is 242 g/mol. The molecule has 2 aromatic rings. The van der Waals surface area contributed by atoms with Crippen LogP contribution in [0.1, 0.15) is 24.6 Å². The van der Waals surface area contributed by atoms with E-state index in [4.69, 9.17) is 0 Å². The van der Waals surface area contributed by atoms with E-state index in [0.29, 0.717) is 6.42 Å². The van der Waals surface area contributed by atoms with Gasteiger partial charge in [-0.2, -0.15) is 0 Å². The van der Waals surface area contributed by atoms with Gasteiger partial charge in [-0.15, -0.1) is 0 Å². The maximum atomic E-state index is 11.3. The second-order valence-electron chi connectivity index (χ2n) is 4.63. The number of allylic oxidation sites excluding steroid dienone is 2. The summed E-state index contributed by atoms with van der Waals surface area (Å²) in [4.78, 5) is 19.0. The van der Waals surface area contributed by atoms with E-state index in [2.05, 4.69) is 9.97 Å². The number of nitrogens with zero attached hydrogens (tertiary/aromatic N) is 1. The van der Waals surface area contributed by atoms with Crippen LogP contribution in [0.5, 0.6) is 0 Å². The molecule has 1 heterocycles. The lowest BCUT2D eigenvalue weighted by molar-refractivity contribution is -0.142. The van der Waals surface area contributed by atoms with Gasteiger partial charge in [-0.3, -0.25) is 4.79 Å². The molecule has 0 radical (unpaired) electrons. The summed E-state index contributed by atoms with van der Waals surface area (Å²) < 4.78 is 0. The van der Waals surface area contributed by atoms with Gasteiger partial charge in [0.15, 0.2) is 0 Å². The molecule has 0 amide bonds. The highest BCUT2D eigenvalue weighted by Gasteiger charge is 2.31. The van der Waals surface area contributed by atoms with Crippen LogP contribution < -0.4 is 0 Å². The number of aromatic nitrogens is 2. The smallest absolute Gasteiger partial charge is 0.307 e. The predicted octanol–water partition coefficient (Wildman–Crippen LogP) is 2.70. The van der Waals surface area contributed by atoms with Crippen LogP contribution in [-0.2, 0) is 4.79 Å². The van der Waals surface area contributed by atoms with Crippen molar-refractivity contribution >= 4 is 17.0 Å². The van der Waals surface area contributed by atoms with E-state index in [1.807, 2.05) is 36.4 Å². The Bertz CT molecular complexity index is 582. The molecule has 0 saturated heterocycles. The predicted molar refractivity (Wildman–Crippen MR) is 68.3 cm³/mol. The van der Waals surface area contributed by atoms with Crippen molar-refractivity contribution in [2.45, 2.75) is 18.8 Å². The molecule has 0 saturated carbocycles. The number of fused-ring (bicyclic) bond motifs is 1. The molecule has 2 N–H and O–H groups in total. The molecule has 0 aliphatic heterocycles. The van der Waals surface area contributed by atoms with E-state index in [9.17, 15) is 9.90 Å². The summed E-state index contributed by atoms with van der Waals surface area (Å²) >= 11 is 0. The van der Waals surface area contributed by atoms with Crippen LogP contribution in [0.3, 0.4) is 0 Å². The van der Waals surface area contributed by atoms with Gasteiger partial charge >= 0.3 is 5.97 Å². The highest BCUT2D eigenvalue weighted by atomic mass is 16.4. The Kier molecular flexibility index (Phi) is 2.63. The number of rotatable bonds is 2. The minimum atomic E-state index is -0.746. The van der Waals surface area contributed by atoms with E-state index in [1.54, 1.807) is 0 Å². The number of nitrogens with one attached hydrogen (secondary N) is 1. The highest BCUT2D eigenvalue weighted by molar-refractivity contribution is 5.76. The summed E-state index contributed by atoms with van der Waals surface area (Å²) in [7, 11) is 0. The van der Waals surface area contributed by atoms with Crippen molar-refractivity contribution in [1.82, 2.24) is 9.97 Å². The Morgan fingerprint density at radius 1 is 1.28 bits per heavy atom. The van der Waals surface area contributed by atoms with Gasteiger partial charge in [0.05, 0.1) is 17.0 Å². The number of carboxylic acid groups (broad SMARTS) is 1. The van der Waals surface area contributed by atoms with Gasteiger partial charge in [-0.25, -0.2) is 4.98 Å². The molecule has 0 bridgehead atoms. The first-order valence-corrected chi connectivity index (χ1v) is 6.08. The second kappa shape index (κ2) is 4.29. The molecule has 2 atom stereocenters. The summed E-state index contributed by atoms with van der Waals surface area (Å²) in [6.07, 6.45) is 5.29. The van der Waals surface area contributed by atoms with E-state index in [-0.39, 0.29) is 11.8 Å². The first-order valence-electron chi connectivity index (χ1n) is 6.08. The van der Waals surface area contributed by atoms with Crippen molar-refractivity contribution in [3.8, 4) is 0 Å². The van der Waals surface area contributed by atoms with Crippen LogP contribution in [0.25, 0.3) is 11.0 Å².